The molecule has 0 saturated heterocycles. The van der Waals surface area contributed by atoms with Gasteiger partial charge in [-0.2, -0.15) is 0 Å². The summed E-state index contributed by atoms with van der Waals surface area (Å²) >= 11 is 0. The molecule has 2 aromatic carbocycles. The van der Waals surface area contributed by atoms with Gasteiger partial charge in [-0.05, 0) is 73.4 Å². The summed E-state index contributed by atoms with van der Waals surface area (Å²) in [5, 5.41) is 14.1. The Hall–Kier alpha value is -3.93. The molecule has 2 heterocycles. The van der Waals surface area contributed by atoms with Crippen molar-refractivity contribution in [3.8, 4) is 5.69 Å². The number of fused-ring (bicyclic) bond motifs is 1. The first kappa shape index (κ1) is 24.2. The van der Waals surface area contributed by atoms with Gasteiger partial charge in [0.15, 0.2) is 0 Å². The van der Waals surface area contributed by atoms with Gasteiger partial charge in [0.2, 0.25) is 0 Å². The molecule has 4 rings (SSSR count). The number of hydrogen-bond acceptors (Lipinski definition) is 5. The summed E-state index contributed by atoms with van der Waals surface area (Å²) in [5.74, 6) is 0.361. The van der Waals surface area contributed by atoms with Gasteiger partial charge in [0.05, 0.1) is 17.7 Å². The zero-order valence-electron chi connectivity index (χ0n) is 21.3. The van der Waals surface area contributed by atoms with Crippen molar-refractivity contribution in [3.05, 3.63) is 108 Å². The van der Waals surface area contributed by atoms with E-state index < -0.39 is 0 Å². The molecule has 6 heteroatoms. The minimum atomic E-state index is -0.0971. The van der Waals surface area contributed by atoms with E-state index in [9.17, 15) is 0 Å². The van der Waals surface area contributed by atoms with E-state index in [1.54, 1.807) is 6.20 Å². The number of hydrogen-bond donors (Lipinski definition) is 4. The molecule has 0 radical (unpaired) electrons. The Kier molecular flexibility index (Phi) is 7.30. The number of aromatic nitrogens is 2. The summed E-state index contributed by atoms with van der Waals surface area (Å²) in [5.41, 5.74) is 10.5. The van der Waals surface area contributed by atoms with Crippen LogP contribution < -0.4 is 21.3 Å². The van der Waals surface area contributed by atoms with Crippen molar-refractivity contribution in [3.63, 3.8) is 0 Å². The molecule has 1 aliphatic rings. The molecule has 1 aliphatic heterocycles. The van der Waals surface area contributed by atoms with Crippen LogP contribution in [0.2, 0.25) is 0 Å². The van der Waals surface area contributed by atoms with Gasteiger partial charge < -0.3 is 25.8 Å². The molecule has 182 valence electrons. The van der Waals surface area contributed by atoms with Crippen LogP contribution in [0.5, 0.6) is 0 Å². The molecule has 1 aromatic heterocycles. The molecule has 0 aliphatic carbocycles. The number of aryl methyl sites for hydroxylation is 3. The third-order valence-corrected chi connectivity index (χ3v) is 6.67. The highest BCUT2D eigenvalue weighted by atomic mass is 15.2. The number of nitrogens with one attached hydrogen (secondary N) is 4. The zero-order chi connectivity index (χ0) is 24.9. The van der Waals surface area contributed by atoms with E-state index in [0.717, 1.165) is 34.9 Å². The van der Waals surface area contributed by atoms with Crippen LogP contribution in [0.4, 0.5) is 11.4 Å². The van der Waals surface area contributed by atoms with Gasteiger partial charge in [-0.1, -0.05) is 37.8 Å². The molecule has 3 aromatic rings. The van der Waals surface area contributed by atoms with E-state index in [1.165, 1.54) is 22.3 Å². The van der Waals surface area contributed by atoms with Crippen LogP contribution in [-0.2, 0) is 0 Å². The molecule has 1 unspecified atom stereocenters. The van der Waals surface area contributed by atoms with Gasteiger partial charge in [-0.3, -0.25) is 0 Å². The van der Waals surface area contributed by atoms with Crippen molar-refractivity contribution in [2.75, 3.05) is 24.2 Å². The molecule has 35 heavy (non-hydrogen) atoms. The summed E-state index contributed by atoms with van der Waals surface area (Å²) in [6.45, 7) is 13.7. The number of rotatable bonds is 9. The van der Waals surface area contributed by atoms with Crippen molar-refractivity contribution in [1.29, 1.82) is 0 Å². The standard InChI is InChI=1S/C29H36N6/c1-7-25(26(10-11-30-6)32-17-22(5)23-9-8-19(2)20(3)14-23)29-33-27-16-24(35-13-12-31-18-35)15-21(4)28(27)34-29/h7-16,18,22,29-30,32-34H,1,17H2,2-6H3/b11-10-,26-25-/t22-,29?/m1/s1. The maximum Gasteiger partial charge on any atom is 0.125 e. The quantitative estimate of drug-likeness (QED) is 0.311. The van der Waals surface area contributed by atoms with Gasteiger partial charge in [0, 0.05) is 42.9 Å². The first-order valence-electron chi connectivity index (χ1n) is 12.1. The fraction of sp³-hybridized carbons (Fsp3) is 0.276. The fourth-order valence-corrected chi connectivity index (χ4v) is 4.39. The lowest BCUT2D eigenvalue weighted by molar-refractivity contribution is 0.679. The van der Waals surface area contributed by atoms with Crippen molar-refractivity contribution >= 4 is 11.4 Å². The molecular weight excluding hydrogens is 432 g/mol. The predicted molar refractivity (Wildman–Crippen MR) is 147 cm³/mol. The van der Waals surface area contributed by atoms with E-state index in [1.807, 2.05) is 36.4 Å². The Morgan fingerprint density at radius 2 is 1.97 bits per heavy atom. The number of allylic oxidation sites excluding steroid dienone is 1. The smallest absolute Gasteiger partial charge is 0.125 e. The molecule has 4 N–H and O–H groups in total. The topological polar surface area (TPSA) is 65.9 Å². The van der Waals surface area contributed by atoms with E-state index in [0.29, 0.717) is 5.92 Å². The molecule has 6 nitrogen and oxygen atoms in total. The molecule has 2 atom stereocenters. The SMILES string of the molecule is C=C/C(=C(\C=C/NC)NC[C@@H](C)c1ccc(C)c(C)c1)C1Nc2cc(-n3ccnc3)cc(C)c2N1. The Labute approximate surface area is 208 Å². The van der Waals surface area contributed by atoms with E-state index in [4.69, 9.17) is 0 Å². The molecule has 0 saturated carbocycles. The van der Waals surface area contributed by atoms with Crippen LogP contribution in [0.1, 0.15) is 35.1 Å². The molecule has 0 spiro atoms. The Morgan fingerprint density at radius 1 is 1.14 bits per heavy atom. The molecular formula is C29H36N6. The number of anilines is 2. The van der Waals surface area contributed by atoms with Crippen molar-refractivity contribution in [1.82, 2.24) is 20.2 Å². The minimum absolute atomic E-state index is 0.0971. The van der Waals surface area contributed by atoms with Gasteiger partial charge in [-0.25, -0.2) is 4.98 Å². The lowest BCUT2D eigenvalue weighted by atomic mass is 9.97. The molecule has 0 amide bonds. The average Bonchev–Trinajstić information content (AvgIpc) is 3.53. The van der Waals surface area contributed by atoms with E-state index in [2.05, 4.69) is 96.9 Å². The first-order chi connectivity index (χ1) is 16.9. The fourth-order valence-electron chi connectivity index (χ4n) is 4.39. The lowest BCUT2D eigenvalue weighted by Crippen LogP contribution is -2.29. The first-order valence-corrected chi connectivity index (χ1v) is 12.1. The maximum atomic E-state index is 4.18. The highest BCUT2D eigenvalue weighted by Crippen LogP contribution is 2.37. The largest absolute Gasteiger partial charge is 0.394 e. The van der Waals surface area contributed by atoms with Gasteiger partial charge in [0.25, 0.3) is 0 Å². The summed E-state index contributed by atoms with van der Waals surface area (Å²) in [4.78, 5) is 4.18. The van der Waals surface area contributed by atoms with Gasteiger partial charge in [0.1, 0.15) is 6.17 Å². The van der Waals surface area contributed by atoms with Crippen molar-refractivity contribution in [2.24, 2.45) is 0 Å². The summed E-state index contributed by atoms with van der Waals surface area (Å²) in [6, 6.07) is 11.0. The number of imidazole rings is 1. The third kappa shape index (κ3) is 5.27. The van der Waals surface area contributed by atoms with Crippen LogP contribution in [0, 0.1) is 20.8 Å². The minimum Gasteiger partial charge on any atom is -0.394 e. The summed E-state index contributed by atoms with van der Waals surface area (Å²) < 4.78 is 2.02. The lowest BCUT2D eigenvalue weighted by Gasteiger charge is -2.21. The third-order valence-electron chi connectivity index (χ3n) is 6.67. The van der Waals surface area contributed by atoms with E-state index in [-0.39, 0.29) is 6.17 Å². The highest BCUT2D eigenvalue weighted by molar-refractivity contribution is 5.81. The number of benzene rings is 2. The second-order valence-electron chi connectivity index (χ2n) is 9.20. The van der Waals surface area contributed by atoms with Crippen molar-refractivity contribution < 1.29 is 0 Å². The van der Waals surface area contributed by atoms with Crippen LogP contribution in [0.3, 0.4) is 0 Å². The predicted octanol–water partition coefficient (Wildman–Crippen LogP) is 5.53. The average molecular weight is 469 g/mol. The Morgan fingerprint density at radius 3 is 2.66 bits per heavy atom. The molecule has 0 bridgehead atoms. The van der Waals surface area contributed by atoms with Crippen LogP contribution in [-0.4, -0.2) is 29.3 Å². The Balaban J connectivity index is 1.58. The van der Waals surface area contributed by atoms with Crippen LogP contribution >= 0.6 is 0 Å². The second kappa shape index (κ2) is 10.6. The van der Waals surface area contributed by atoms with Crippen LogP contribution in [0.25, 0.3) is 5.69 Å². The maximum absolute atomic E-state index is 4.18. The summed E-state index contributed by atoms with van der Waals surface area (Å²) in [7, 11) is 1.91. The highest BCUT2D eigenvalue weighted by Gasteiger charge is 2.25. The molecule has 0 fully saturated rings. The van der Waals surface area contributed by atoms with Crippen molar-refractivity contribution in [2.45, 2.75) is 39.8 Å². The monoisotopic (exact) mass is 468 g/mol. The zero-order valence-corrected chi connectivity index (χ0v) is 21.3. The van der Waals surface area contributed by atoms with E-state index >= 15 is 0 Å². The van der Waals surface area contributed by atoms with Crippen LogP contribution in [0.15, 0.2) is 85.3 Å². The normalized spacial score (nSPS) is 16.2. The number of nitrogens with zero attached hydrogens (tertiary/aromatic N) is 2. The Bertz CT molecular complexity index is 1250. The second-order valence-corrected chi connectivity index (χ2v) is 9.20. The van der Waals surface area contributed by atoms with Gasteiger partial charge in [-0.15, -0.1) is 0 Å². The van der Waals surface area contributed by atoms with Gasteiger partial charge >= 0.3 is 0 Å². The summed E-state index contributed by atoms with van der Waals surface area (Å²) in [6.07, 6.45) is 11.4.